The Balaban J connectivity index is 1.49. The predicted octanol–water partition coefficient (Wildman–Crippen LogP) is 2.77. The smallest absolute Gasteiger partial charge is 0.321 e. The topological polar surface area (TPSA) is 108 Å². The van der Waals surface area contributed by atoms with Crippen LogP contribution in [0.1, 0.15) is 6.42 Å². The maximum atomic E-state index is 12.5. The van der Waals surface area contributed by atoms with Crippen molar-refractivity contribution in [3.8, 4) is 5.69 Å². The van der Waals surface area contributed by atoms with Crippen LogP contribution in [0, 0.1) is 0 Å². The van der Waals surface area contributed by atoms with Gasteiger partial charge in [0.15, 0.2) is 5.65 Å². The fourth-order valence-corrected chi connectivity index (χ4v) is 3.50. The highest BCUT2D eigenvalue weighted by Crippen LogP contribution is 2.23. The minimum Gasteiger partial charge on any atom is -0.338 e. The Morgan fingerprint density at radius 3 is 2.67 bits per heavy atom. The van der Waals surface area contributed by atoms with E-state index in [4.69, 9.17) is 0 Å². The van der Waals surface area contributed by atoms with Crippen molar-refractivity contribution >= 4 is 34.4 Å². The van der Waals surface area contributed by atoms with Gasteiger partial charge in [-0.3, -0.25) is 14.7 Å². The molecule has 0 spiro atoms. The zero-order valence-electron chi connectivity index (χ0n) is 16.0. The number of amides is 2. The van der Waals surface area contributed by atoms with Crippen LogP contribution in [0.5, 0.6) is 0 Å². The van der Waals surface area contributed by atoms with Crippen LogP contribution in [0.2, 0.25) is 0 Å². The number of aromatic nitrogens is 4. The fraction of sp³-hybridized carbons (Fsp3) is 0.143. The highest BCUT2D eigenvalue weighted by atomic mass is 16.2. The average Bonchev–Trinajstić information content (AvgIpc) is 3.19. The van der Waals surface area contributed by atoms with E-state index in [-0.39, 0.29) is 11.6 Å². The number of carbonyl (C=O) groups is 1. The van der Waals surface area contributed by atoms with E-state index < -0.39 is 0 Å². The van der Waals surface area contributed by atoms with Crippen LogP contribution >= 0.6 is 0 Å². The Morgan fingerprint density at radius 1 is 1.00 bits per heavy atom. The fourth-order valence-electron chi connectivity index (χ4n) is 3.50. The lowest BCUT2D eigenvalue weighted by Crippen LogP contribution is -2.46. The van der Waals surface area contributed by atoms with Gasteiger partial charge in [0.1, 0.15) is 5.39 Å². The molecule has 5 rings (SSSR count). The molecule has 2 aromatic carbocycles. The van der Waals surface area contributed by atoms with Crippen molar-refractivity contribution in [2.75, 3.05) is 23.3 Å². The van der Waals surface area contributed by atoms with Crippen molar-refractivity contribution in [1.29, 1.82) is 0 Å². The number of rotatable bonds is 4. The number of anilines is 3. The first kappa shape index (κ1) is 17.9. The number of hydrogen-bond donors (Lipinski definition) is 3. The second-order valence-corrected chi connectivity index (χ2v) is 6.96. The normalized spacial score (nSPS) is 14.0. The van der Waals surface area contributed by atoms with Crippen molar-refractivity contribution in [3.63, 3.8) is 0 Å². The first-order valence-electron chi connectivity index (χ1n) is 9.65. The zero-order chi connectivity index (χ0) is 20.5. The van der Waals surface area contributed by atoms with E-state index in [2.05, 4.69) is 25.7 Å². The third-order valence-corrected chi connectivity index (χ3v) is 4.94. The van der Waals surface area contributed by atoms with Crippen molar-refractivity contribution in [2.45, 2.75) is 6.42 Å². The van der Waals surface area contributed by atoms with Gasteiger partial charge in [0.25, 0.3) is 5.56 Å². The van der Waals surface area contributed by atoms with Crippen LogP contribution in [0.4, 0.5) is 22.1 Å². The number of H-pyrrole nitrogens is 1. The van der Waals surface area contributed by atoms with Crippen molar-refractivity contribution in [2.24, 2.45) is 0 Å². The van der Waals surface area contributed by atoms with Gasteiger partial charge in [-0.05, 0) is 36.8 Å². The number of aromatic amines is 1. The predicted molar refractivity (Wildman–Crippen MR) is 115 cm³/mol. The molecule has 2 aromatic heterocycles. The monoisotopic (exact) mass is 401 g/mol. The maximum Gasteiger partial charge on any atom is 0.321 e. The maximum absolute atomic E-state index is 12.5. The molecular formula is C21H19N7O2. The number of fused-ring (bicyclic) bond motifs is 1. The molecule has 0 radical (unpaired) electrons. The minimum absolute atomic E-state index is 0.113. The van der Waals surface area contributed by atoms with Crippen LogP contribution in [0.25, 0.3) is 16.7 Å². The summed E-state index contributed by atoms with van der Waals surface area (Å²) in [5, 5.41) is 10.7. The van der Waals surface area contributed by atoms with Crippen LogP contribution in [-0.2, 0) is 0 Å². The molecule has 1 fully saturated rings. The molecule has 2 amide bonds. The summed E-state index contributed by atoms with van der Waals surface area (Å²) in [4.78, 5) is 33.7. The quantitative estimate of drug-likeness (QED) is 0.487. The highest BCUT2D eigenvalue weighted by molar-refractivity contribution is 5.93. The lowest BCUT2D eigenvalue weighted by molar-refractivity contribution is 0.243. The third-order valence-electron chi connectivity index (χ3n) is 4.94. The summed E-state index contributed by atoms with van der Waals surface area (Å²) in [7, 11) is 0. The molecule has 1 aliphatic rings. The summed E-state index contributed by atoms with van der Waals surface area (Å²) in [5.41, 5.74) is 2.47. The Hall–Kier alpha value is -4.14. The molecule has 9 nitrogen and oxygen atoms in total. The molecule has 0 atom stereocenters. The first-order chi connectivity index (χ1) is 14.7. The lowest BCUT2D eigenvalue weighted by atomic mass is 10.2. The van der Waals surface area contributed by atoms with Gasteiger partial charge in [0.2, 0.25) is 5.95 Å². The second kappa shape index (κ2) is 7.36. The number of hydrogen-bond acceptors (Lipinski definition) is 5. The van der Waals surface area contributed by atoms with Crippen LogP contribution < -0.4 is 21.1 Å². The second-order valence-electron chi connectivity index (χ2n) is 6.96. The van der Waals surface area contributed by atoms with Gasteiger partial charge in [-0.25, -0.2) is 9.48 Å². The average molecular weight is 401 g/mol. The van der Waals surface area contributed by atoms with Crippen LogP contribution in [0.15, 0.2) is 65.6 Å². The van der Waals surface area contributed by atoms with E-state index in [1.807, 2.05) is 54.6 Å². The largest absolute Gasteiger partial charge is 0.338 e. The molecule has 0 bridgehead atoms. The summed E-state index contributed by atoms with van der Waals surface area (Å²) in [5.74, 6) is 0.297. The molecule has 0 aliphatic carbocycles. The molecule has 150 valence electrons. The van der Waals surface area contributed by atoms with Gasteiger partial charge in [0, 0.05) is 24.5 Å². The number of urea groups is 1. The molecule has 3 heterocycles. The van der Waals surface area contributed by atoms with E-state index in [1.165, 1.54) is 6.20 Å². The molecule has 30 heavy (non-hydrogen) atoms. The SMILES string of the molecule is O=C1NCCCN1c1cccc(Nc2nc3c(cnn3-c3ccccc3)c(=O)[nH]2)c1. The molecule has 0 unspecified atom stereocenters. The molecule has 9 heteroatoms. The molecular weight excluding hydrogens is 382 g/mol. The van der Waals surface area contributed by atoms with E-state index in [1.54, 1.807) is 9.58 Å². The van der Waals surface area contributed by atoms with Crippen molar-refractivity contribution < 1.29 is 4.79 Å². The van der Waals surface area contributed by atoms with Gasteiger partial charge >= 0.3 is 6.03 Å². The minimum atomic E-state index is -0.281. The van der Waals surface area contributed by atoms with E-state index >= 15 is 0 Å². The molecule has 1 aliphatic heterocycles. The van der Waals surface area contributed by atoms with Gasteiger partial charge in [-0.1, -0.05) is 24.3 Å². The zero-order valence-corrected chi connectivity index (χ0v) is 16.0. The Kier molecular flexibility index (Phi) is 4.40. The summed E-state index contributed by atoms with van der Waals surface area (Å²) >= 11 is 0. The first-order valence-corrected chi connectivity index (χ1v) is 9.65. The molecule has 0 saturated carbocycles. The van der Waals surface area contributed by atoms with E-state index in [9.17, 15) is 9.59 Å². The number of para-hydroxylation sites is 1. The van der Waals surface area contributed by atoms with Crippen LogP contribution in [0.3, 0.4) is 0 Å². The number of benzene rings is 2. The van der Waals surface area contributed by atoms with Crippen molar-refractivity contribution in [1.82, 2.24) is 25.1 Å². The molecule has 3 N–H and O–H groups in total. The summed E-state index contributed by atoms with van der Waals surface area (Å²) in [6, 6.07) is 16.8. The van der Waals surface area contributed by atoms with Gasteiger partial charge < -0.3 is 10.6 Å². The Morgan fingerprint density at radius 2 is 1.83 bits per heavy atom. The van der Waals surface area contributed by atoms with Gasteiger partial charge in [-0.2, -0.15) is 10.1 Å². The molecule has 4 aromatic rings. The van der Waals surface area contributed by atoms with E-state index in [0.29, 0.717) is 35.8 Å². The highest BCUT2D eigenvalue weighted by Gasteiger charge is 2.19. The van der Waals surface area contributed by atoms with Gasteiger partial charge in [-0.15, -0.1) is 0 Å². The van der Waals surface area contributed by atoms with Crippen molar-refractivity contribution in [3.05, 3.63) is 71.1 Å². The van der Waals surface area contributed by atoms with Gasteiger partial charge in [0.05, 0.1) is 11.9 Å². The standard InChI is InChI=1S/C21H19N7O2/c29-19-17-13-23-28(15-7-2-1-3-8-15)18(17)25-20(26-19)24-14-6-4-9-16(12-14)27-11-5-10-22-21(27)30/h1-4,6-9,12-13H,5,10-11H2,(H,22,30)(H2,24,25,26,29). The van der Waals surface area contributed by atoms with Crippen LogP contribution in [-0.4, -0.2) is 38.9 Å². The number of nitrogens with zero attached hydrogens (tertiary/aromatic N) is 4. The molecule has 1 saturated heterocycles. The Bertz CT molecular complexity index is 1280. The Labute approximate surface area is 171 Å². The number of nitrogens with one attached hydrogen (secondary N) is 3. The van der Waals surface area contributed by atoms with E-state index in [0.717, 1.165) is 17.8 Å². The number of carbonyl (C=O) groups excluding carboxylic acids is 1. The summed E-state index contributed by atoms with van der Waals surface area (Å²) in [6.45, 7) is 1.35. The summed E-state index contributed by atoms with van der Waals surface area (Å²) in [6.07, 6.45) is 2.39. The lowest BCUT2D eigenvalue weighted by Gasteiger charge is -2.27. The third kappa shape index (κ3) is 3.26. The summed E-state index contributed by atoms with van der Waals surface area (Å²) < 4.78 is 1.63.